The van der Waals surface area contributed by atoms with Crippen molar-refractivity contribution in [1.82, 2.24) is 0 Å². The summed E-state index contributed by atoms with van der Waals surface area (Å²) in [6, 6.07) is 18.0. The van der Waals surface area contributed by atoms with Crippen LogP contribution in [0.4, 0.5) is 0 Å². The van der Waals surface area contributed by atoms with Crippen LogP contribution in [0.15, 0.2) is 59.7 Å². The molecule has 1 heterocycles. The zero-order valence-electron chi connectivity index (χ0n) is 54.0. The van der Waals surface area contributed by atoms with Crippen LogP contribution < -0.4 is 0 Å². The summed E-state index contributed by atoms with van der Waals surface area (Å²) in [4.78, 5) is 3.10. The normalized spacial score (nSPS) is 12.7. The summed E-state index contributed by atoms with van der Waals surface area (Å²) in [5.74, 6) is 0. The van der Waals surface area contributed by atoms with Gasteiger partial charge >= 0.3 is 169 Å². The third-order valence-corrected chi connectivity index (χ3v) is 19.3. The molecule has 2 nitrogen and oxygen atoms in total. The predicted octanol–water partition coefficient (Wildman–Crippen LogP) is 27.5. The number of hydrogen-bond acceptors (Lipinski definition) is 0. The molecule has 2 aromatic rings. The van der Waals surface area contributed by atoms with Gasteiger partial charge in [0.25, 0.3) is 0 Å². The third kappa shape index (κ3) is 38.6. The van der Waals surface area contributed by atoms with Gasteiger partial charge in [-0.2, -0.15) is 0 Å². The zero-order chi connectivity index (χ0) is 56.7. The van der Waals surface area contributed by atoms with Gasteiger partial charge in [-0.3, -0.25) is 0 Å². The second-order valence-corrected chi connectivity index (χ2v) is 27.0. The van der Waals surface area contributed by atoms with E-state index in [0.717, 1.165) is 79.0 Å². The van der Waals surface area contributed by atoms with Gasteiger partial charge in [0.1, 0.15) is 0 Å². The summed E-state index contributed by atoms with van der Waals surface area (Å²) >= 11 is 1.06. The Hall–Kier alpha value is -1.82. The van der Waals surface area contributed by atoms with Crippen LogP contribution in [0, 0.1) is 0 Å². The van der Waals surface area contributed by atoms with Gasteiger partial charge < -0.3 is 5.53 Å². The second-order valence-electron chi connectivity index (χ2n) is 24.7. The molecule has 3 rings (SSSR count). The molecule has 3 heteroatoms. The standard InChI is InChI=1S/C36H52N2.2C20H41.Pd/c1-5-9-13-16-19-30-20-17-21-32(28-30)36-34(23-15-11-7-3)33(22-12-8-4)35(38(36)37)31-26-24-29(25-27-31)18-14-10-6-2;2*1-3-5-7-9-11-13-15-17-19-20-18-16-14-12-10-8-6-4-2;/h17,20-21,24-28H,5-16,18-19,22-23H2,1-4H3;2*1,3-20H2,2H3;. The van der Waals surface area contributed by atoms with E-state index in [1.54, 1.807) is 14.5 Å². The van der Waals surface area contributed by atoms with Crippen LogP contribution in [0.2, 0.25) is 9.79 Å². The van der Waals surface area contributed by atoms with Crippen molar-refractivity contribution in [3.63, 3.8) is 0 Å². The fraction of sp³-hybridized carbons (Fsp3) is 0.789. The summed E-state index contributed by atoms with van der Waals surface area (Å²) in [5.41, 5.74) is 21.7. The van der Waals surface area contributed by atoms with Crippen LogP contribution in [0.1, 0.15) is 385 Å². The summed E-state index contributed by atoms with van der Waals surface area (Å²) in [6.45, 7) is 13.7. The van der Waals surface area contributed by atoms with Crippen molar-refractivity contribution in [1.29, 1.82) is 0 Å². The number of allylic oxidation sites excluding steroid dienone is 2. The number of nitrogens with zero attached hydrogens (tertiary/aromatic N) is 2. The molecule has 0 atom stereocenters. The quantitative estimate of drug-likeness (QED) is 0.0358. The maximum atomic E-state index is 11.8. The van der Waals surface area contributed by atoms with E-state index in [1.165, 1.54) is 318 Å². The molecule has 0 amide bonds. The molecule has 2 aromatic carbocycles. The predicted molar refractivity (Wildman–Crippen MR) is 352 cm³/mol. The van der Waals surface area contributed by atoms with E-state index in [0.29, 0.717) is 0 Å². The molecule has 1 aliphatic rings. The molecule has 0 saturated heterocycles. The summed E-state index contributed by atoms with van der Waals surface area (Å²) in [7, 11) is 0. The minimum Gasteiger partial charge on any atom is -0.493 e. The average molecular weight is 1180 g/mol. The molecule has 458 valence electrons. The van der Waals surface area contributed by atoms with E-state index in [1.807, 2.05) is 0 Å². The first-order valence-corrected chi connectivity index (χ1v) is 37.8. The van der Waals surface area contributed by atoms with E-state index >= 15 is 0 Å². The van der Waals surface area contributed by atoms with Crippen LogP contribution in [-0.2, 0) is 30.8 Å². The first-order valence-electron chi connectivity index (χ1n) is 35.6. The third-order valence-electron chi connectivity index (χ3n) is 17.1. The van der Waals surface area contributed by atoms with Crippen LogP contribution in [-0.4, -0.2) is 4.70 Å². The number of benzene rings is 2. The van der Waals surface area contributed by atoms with Gasteiger partial charge in [-0.25, -0.2) is 4.70 Å². The van der Waals surface area contributed by atoms with E-state index in [4.69, 9.17) is 0 Å². The van der Waals surface area contributed by atoms with E-state index < -0.39 is 0 Å². The summed E-state index contributed by atoms with van der Waals surface area (Å²) in [5, 5.41) is 0. The maximum absolute atomic E-state index is 11.8. The first-order chi connectivity index (χ1) is 39.1. The van der Waals surface area contributed by atoms with Crippen molar-refractivity contribution in [2.45, 2.75) is 385 Å². The molecule has 0 saturated carbocycles. The molecule has 0 radical (unpaired) electrons. The smallest absolute Gasteiger partial charge is 0.493 e. The van der Waals surface area contributed by atoms with Gasteiger partial charge in [-0.15, -0.1) is 0 Å². The zero-order valence-corrected chi connectivity index (χ0v) is 55.6. The molecule has 0 spiro atoms. The Labute approximate surface area is 503 Å². The SMILES string of the molecule is CCCCCCCCCCCCCCCCCCC[CH2][Pd][CH2]CCCCCCCCCCCCCCCCCCC.CCCCCCc1cccc(C2=C(CCCCC)C(CCCC)=C(c3ccc(CCCCC)cc3)[N+]2=[N-])c1. The van der Waals surface area contributed by atoms with Gasteiger partial charge in [0.15, 0.2) is 0 Å². The Kier molecular flexibility index (Phi) is 51.4. The fourth-order valence-corrected chi connectivity index (χ4v) is 13.9. The van der Waals surface area contributed by atoms with Gasteiger partial charge in [0.05, 0.1) is 0 Å². The Morgan fingerprint density at radius 3 is 0.962 bits per heavy atom. The second kappa shape index (κ2) is 55.4. The Balaban J connectivity index is 0.000000541. The molecular formula is C76H134N2Pd. The van der Waals surface area contributed by atoms with Crippen LogP contribution in [0.25, 0.3) is 16.9 Å². The monoisotopic (exact) mass is 1180 g/mol. The molecule has 0 aliphatic carbocycles. The fourth-order valence-electron chi connectivity index (χ4n) is 11.9. The molecule has 0 fully saturated rings. The van der Waals surface area contributed by atoms with Crippen molar-refractivity contribution in [3.05, 3.63) is 87.5 Å². The van der Waals surface area contributed by atoms with Gasteiger partial charge in [0, 0.05) is 22.3 Å². The molecule has 0 bridgehead atoms. The topological polar surface area (TPSA) is 25.3 Å². The number of unbranched alkanes of at least 4 members (excludes halogenated alkanes) is 42. The molecular weight excluding hydrogens is 1050 g/mol. The van der Waals surface area contributed by atoms with E-state index in [9.17, 15) is 5.53 Å². The number of hydrogen-bond donors (Lipinski definition) is 0. The average Bonchev–Trinajstić information content (AvgIpc) is 3.77. The van der Waals surface area contributed by atoms with Gasteiger partial charge in [-0.1, -0.05) is 207 Å². The van der Waals surface area contributed by atoms with Crippen molar-refractivity contribution < 1.29 is 22.7 Å². The number of aryl methyl sites for hydroxylation is 2. The molecule has 0 aromatic heterocycles. The Morgan fingerprint density at radius 2 is 0.570 bits per heavy atom. The first kappa shape index (κ1) is 73.3. The van der Waals surface area contributed by atoms with Crippen LogP contribution in [0.3, 0.4) is 0 Å². The summed E-state index contributed by atoms with van der Waals surface area (Å²) < 4.78 is 1.55. The van der Waals surface area contributed by atoms with Crippen molar-refractivity contribution in [2.24, 2.45) is 0 Å². The van der Waals surface area contributed by atoms with Crippen molar-refractivity contribution in [3.8, 4) is 0 Å². The number of rotatable bonds is 56. The Bertz CT molecular complexity index is 1680. The van der Waals surface area contributed by atoms with E-state index in [2.05, 4.69) is 90.1 Å². The molecule has 79 heavy (non-hydrogen) atoms. The van der Waals surface area contributed by atoms with Crippen molar-refractivity contribution >= 4 is 11.4 Å². The molecule has 0 unspecified atom stereocenters. The van der Waals surface area contributed by atoms with Gasteiger partial charge in [0.2, 0.25) is 11.4 Å². The molecule has 0 N–H and O–H groups in total. The van der Waals surface area contributed by atoms with Crippen molar-refractivity contribution in [2.75, 3.05) is 0 Å². The Morgan fingerprint density at radius 1 is 0.278 bits per heavy atom. The molecule has 1 aliphatic heterocycles. The minimum atomic E-state index is 1.01. The van der Waals surface area contributed by atoms with Crippen LogP contribution >= 0.6 is 0 Å². The minimum absolute atomic E-state index is 1.01. The van der Waals surface area contributed by atoms with Crippen LogP contribution in [0.5, 0.6) is 0 Å². The summed E-state index contributed by atoms with van der Waals surface area (Å²) in [6.07, 6.45) is 72.6. The van der Waals surface area contributed by atoms with Gasteiger partial charge in [-0.05, 0) is 86.8 Å². The van der Waals surface area contributed by atoms with E-state index in [-0.39, 0.29) is 0 Å².